The monoisotopic (exact) mass is 368 g/mol. The van der Waals surface area contributed by atoms with Crippen molar-refractivity contribution in [2.75, 3.05) is 39.3 Å². The molecule has 144 valence electrons. The Morgan fingerprint density at radius 1 is 1.30 bits per heavy atom. The SMILES string of the molecule is C/C=C1/CN2CC[C@@]34c5cc(OC)ccc5N(C)[C@@]23CC[C@@H]1C4C(=O)OC. The van der Waals surface area contributed by atoms with Crippen molar-refractivity contribution in [3.05, 3.63) is 35.4 Å². The summed E-state index contributed by atoms with van der Waals surface area (Å²) < 4.78 is 11.0. The van der Waals surface area contributed by atoms with Crippen LogP contribution in [0.5, 0.6) is 5.75 Å². The maximum atomic E-state index is 13.2. The van der Waals surface area contributed by atoms with Gasteiger partial charge in [0.15, 0.2) is 0 Å². The van der Waals surface area contributed by atoms with Crippen molar-refractivity contribution in [3.63, 3.8) is 0 Å². The number of methoxy groups -OCH3 is 2. The standard InChI is InChI=1S/C22H28N2O3/c1-5-14-13-24-11-10-21-17-12-15(26-3)6-7-18(17)23(2)22(21,24)9-8-16(14)19(21)20(25)27-4/h5-7,12,16,19H,8-11,13H2,1-4H3/b14-5-/t16-,19?,21-,22-/m0/s1. The van der Waals surface area contributed by atoms with Crippen LogP contribution in [0.25, 0.3) is 0 Å². The first-order chi connectivity index (χ1) is 13.0. The van der Waals surface area contributed by atoms with Gasteiger partial charge in [0.25, 0.3) is 0 Å². The first-order valence-corrected chi connectivity index (χ1v) is 9.95. The molecule has 1 aliphatic carbocycles. The molecule has 4 heterocycles. The molecule has 4 fully saturated rings. The number of nitrogens with zero attached hydrogens (tertiary/aromatic N) is 2. The van der Waals surface area contributed by atoms with E-state index >= 15 is 0 Å². The van der Waals surface area contributed by atoms with Crippen molar-refractivity contribution in [3.8, 4) is 5.75 Å². The van der Waals surface area contributed by atoms with Crippen LogP contribution in [0.1, 0.15) is 31.7 Å². The highest BCUT2D eigenvalue weighted by molar-refractivity contribution is 5.82. The third-order valence-electron chi connectivity index (χ3n) is 8.03. The molecule has 27 heavy (non-hydrogen) atoms. The van der Waals surface area contributed by atoms with Crippen LogP contribution in [0.2, 0.25) is 0 Å². The fourth-order valence-corrected chi connectivity index (χ4v) is 7.06. The highest BCUT2D eigenvalue weighted by Crippen LogP contribution is 2.69. The Bertz CT molecular complexity index is 850. The molecule has 1 aromatic rings. The van der Waals surface area contributed by atoms with E-state index in [0.717, 1.165) is 38.1 Å². The van der Waals surface area contributed by atoms with Crippen molar-refractivity contribution >= 4 is 11.7 Å². The number of carbonyl (C=O) groups is 1. The van der Waals surface area contributed by atoms with Gasteiger partial charge in [-0.2, -0.15) is 0 Å². The first-order valence-electron chi connectivity index (χ1n) is 9.95. The van der Waals surface area contributed by atoms with Crippen LogP contribution < -0.4 is 9.64 Å². The average Bonchev–Trinajstić information content (AvgIpc) is 3.03. The lowest BCUT2D eigenvalue weighted by Crippen LogP contribution is -2.66. The van der Waals surface area contributed by atoms with Gasteiger partial charge in [0.1, 0.15) is 11.4 Å². The Kier molecular flexibility index (Phi) is 3.49. The van der Waals surface area contributed by atoms with Gasteiger partial charge in [-0.05, 0) is 55.9 Å². The van der Waals surface area contributed by atoms with Gasteiger partial charge in [0, 0.05) is 31.2 Å². The molecule has 1 aromatic carbocycles. The molecule has 2 unspecified atom stereocenters. The van der Waals surface area contributed by atoms with Crippen LogP contribution in [-0.4, -0.2) is 50.9 Å². The molecule has 1 saturated carbocycles. The van der Waals surface area contributed by atoms with E-state index < -0.39 is 0 Å². The Morgan fingerprint density at radius 2 is 2.11 bits per heavy atom. The number of esters is 1. The minimum absolute atomic E-state index is 0.0590. The number of likely N-dealkylation sites (N-methyl/N-ethyl adjacent to an activating group) is 1. The second kappa shape index (κ2) is 5.51. The van der Waals surface area contributed by atoms with Crippen molar-refractivity contribution in [2.45, 2.75) is 37.3 Å². The molecule has 6 rings (SSSR count). The summed E-state index contributed by atoms with van der Waals surface area (Å²) in [6.07, 6.45) is 5.34. The Hall–Kier alpha value is -2.01. The fourth-order valence-electron chi connectivity index (χ4n) is 7.06. The third-order valence-corrected chi connectivity index (χ3v) is 8.03. The number of ether oxygens (including phenoxy) is 2. The van der Waals surface area contributed by atoms with Gasteiger partial charge in [-0.3, -0.25) is 9.69 Å². The summed E-state index contributed by atoms with van der Waals surface area (Å²) in [6.45, 7) is 4.08. The average molecular weight is 368 g/mol. The number of allylic oxidation sites excluding steroid dienone is 1. The van der Waals surface area contributed by atoms with Gasteiger partial charge in [-0.1, -0.05) is 11.6 Å². The zero-order valence-corrected chi connectivity index (χ0v) is 16.6. The molecule has 4 bridgehead atoms. The minimum atomic E-state index is -0.244. The second-order valence-electron chi connectivity index (χ2n) is 8.41. The van der Waals surface area contributed by atoms with Crippen LogP contribution >= 0.6 is 0 Å². The normalized spacial score (nSPS) is 39.9. The molecule has 0 N–H and O–H groups in total. The predicted molar refractivity (Wildman–Crippen MR) is 104 cm³/mol. The largest absolute Gasteiger partial charge is 0.497 e. The molecule has 0 radical (unpaired) electrons. The molecular weight excluding hydrogens is 340 g/mol. The molecular formula is C22H28N2O3. The van der Waals surface area contributed by atoms with E-state index in [2.05, 4.69) is 42.0 Å². The molecule has 0 aromatic heterocycles. The van der Waals surface area contributed by atoms with E-state index in [1.165, 1.54) is 23.9 Å². The number of anilines is 1. The summed E-state index contributed by atoms with van der Waals surface area (Å²) in [7, 11) is 5.46. The smallest absolute Gasteiger partial charge is 0.310 e. The summed E-state index contributed by atoms with van der Waals surface area (Å²) >= 11 is 0. The maximum Gasteiger partial charge on any atom is 0.310 e. The topological polar surface area (TPSA) is 42.0 Å². The number of hydrogen-bond donors (Lipinski definition) is 0. The zero-order chi connectivity index (χ0) is 19.0. The lowest BCUT2D eigenvalue weighted by atomic mass is 9.54. The summed E-state index contributed by atoms with van der Waals surface area (Å²) in [5.41, 5.74) is 3.51. The Labute approximate surface area is 160 Å². The molecule has 5 heteroatoms. The molecule has 0 amide bonds. The molecule has 5 nitrogen and oxygen atoms in total. The molecule has 1 spiro atoms. The van der Waals surface area contributed by atoms with Crippen LogP contribution in [-0.2, 0) is 14.9 Å². The van der Waals surface area contributed by atoms with Gasteiger partial charge in [0.05, 0.1) is 20.1 Å². The van der Waals surface area contributed by atoms with E-state index in [1.807, 2.05) is 6.07 Å². The van der Waals surface area contributed by atoms with Gasteiger partial charge in [-0.25, -0.2) is 0 Å². The number of fused-ring (bicyclic) bond motifs is 3. The lowest BCUT2D eigenvalue weighted by Gasteiger charge is -2.54. The minimum Gasteiger partial charge on any atom is -0.497 e. The number of benzene rings is 1. The molecule has 5 aliphatic rings. The summed E-state index contributed by atoms with van der Waals surface area (Å²) in [6, 6.07) is 6.38. The number of rotatable bonds is 2. The Morgan fingerprint density at radius 3 is 2.81 bits per heavy atom. The fraction of sp³-hybridized carbons (Fsp3) is 0.591. The van der Waals surface area contributed by atoms with Crippen molar-refractivity contribution in [1.82, 2.24) is 4.90 Å². The predicted octanol–water partition coefficient (Wildman–Crippen LogP) is 2.94. The highest BCUT2D eigenvalue weighted by Gasteiger charge is 2.75. The van der Waals surface area contributed by atoms with Crippen molar-refractivity contribution < 1.29 is 14.3 Å². The van der Waals surface area contributed by atoms with Gasteiger partial charge >= 0.3 is 5.97 Å². The molecule has 4 aliphatic heterocycles. The number of carbonyl (C=O) groups excluding carboxylic acids is 1. The van der Waals surface area contributed by atoms with Crippen LogP contribution in [0.4, 0.5) is 5.69 Å². The quantitative estimate of drug-likeness (QED) is 0.593. The maximum absolute atomic E-state index is 13.2. The van der Waals surface area contributed by atoms with Crippen molar-refractivity contribution in [1.29, 1.82) is 0 Å². The lowest BCUT2D eigenvalue weighted by molar-refractivity contribution is -0.154. The van der Waals surface area contributed by atoms with E-state index in [9.17, 15) is 4.79 Å². The third kappa shape index (κ3) is 1.73. The highest BCUT2D eigenvalue weighted by atomic mass is 16.5. The van der Waals surface area contributed by atoms with Crippen LogP contribution in [0.15, 0.2) is 29.8 Å². The summed E-state index contributed by atoms with van der Waals surface area (Å²) in [5, 5.41) is 0. The van der Waals surface area contributed by atoms with Gasteiger partial charge in [0.2, 0.25) is 0 Å². The molecule has 5 atom stereocenters. The number of hydrogen-bond acceptors (Lipinski definition) is 5. The van der Waals surface area contributed by atoms with E-state index in [-0.39, 0.29) is 28.9 Å². The van der Waals surface area contributed by atoms with E-state index in [4.69, 9.17) is 9.47 Å². The van der Waals surface area contributed by atoms with Crippen molar-refractivity contribution in [2.24, 2.45) is 11.8 Å². The first kappa shape index (κ1) is 17.1. The summed E-state index contributed by atoms with van der Waals surface area (Å²) in [5.74, 6) is 0.912. The second-order valence-corrected chi connectivity index (χ2v) is 8.41. The summed E-state index contributed by atoms with van der Waals surface area (Å²) in [4.78, 5) is 18.3. The van der Waals surface area contributed by atoms with Crippen LogP contribution in [0, 0.1) is 11.8 Å². The van der Waals surface area contributed by atoms with Gasteiger partial charge < -0.3 is 14.4 Å². The van der Waals surface area contributed by atoms with Crippen LogP contribution in [0.3, 0.4) is 0 Å². The molecule has 3 saturated heterocycles. The van der Waals surface area contributed by atoms with E-state index in [1.54, 1.807) is 7.11 Å². The van der Waals surface area contributed by atoms with Gasteiger partial charge in [-0.15, -0.1) is 0 Å². The zero-order valence-electron chi connectivity index (χ0n) is 16.6. The Balaban J connectivity index is 1.84. The van der Waals surface area contributed by atoms with E-state index in [0.29, 0.717) is 0 Å².